The van der Waals surface area contributed by atoms with Crippen LogP contribution in [0.2, 0.25) is 0 Å². The van der Waals surface area contributed by atoms with Gasteiger partial charge in [0.05, 0.1) is 6.04 Å². The molecule has 4 aromatic rings. The normalized spacial score (nSPS) is 11.9. The molecule has 28 heavy (non-hydrogen) atoms. The van der Waals surface area contributed by atoms with Crippen molar-refractivity contribution in [2.75, 3.05) is 0 Å². The third-order valence-corrected chi connectivity index (χ3v) is 4.70. The molecule has 0 aliphatic heterocycles. The van der Waals surface area contributed by atoms with Gasteiger partial charge in [-0.1, -0.05) is 60.7 Å². The van der Waals surface area contributed by atoms with Gasteiger partial charge in [0.2, 0.25) is 0 Å². The van der Waals surface area contributed by atoms with Gasteiger partial charge in [-0.3, -0.25) is 4.79 Å². The largest absolute Gasteiger partial charge is 0.618 e. The van der Waals surface area contributed by atoms with E-state index in [-0.39, 0.29) is 11.4 Å². The molecule has 1 aromatic heterocycles. The van der Waals surface area contributed by atoms with Crippen molar-refractivity contribution < 1.29 is 14.6 Å². The summed E-state index contributed by atoms with van der Waals surface area (Å²) in [7, 11) is 0. The van der Waals surface area contributed by atoms with Gasteiger partial charge >= 0.3 is 5.91 Å². The van der Waals surface area contributed by atoms with Gasteiger partial charge in [-0.15, -0.1) is 0 Å². The lowest BCUT2D eigenvalue weighted by Crippen LogP contribution is -2.40. The quantitative estimate of drug-likeness (QED) is 0.425. The molecular weight excluding hydrogens is 352 g/mol. The highest BCUT2D eigenvalue weighted by atomic mass is 16.5. The smallest absolute Gasteiger partial charge is 0.318 e. The Hall–Kier alpha value is -3.86. The molecule has 0 fully saturated rings. The molecule has 0 radical (unpaired) electrons. The molecule has 0 saturated carbocycles. The second kappa shape index (κ2) is 7.40. The Morgan fingerprint density at radius 2 is 1.61 bits per heavy atom. The number of amides is 1. The predicted molar refractivity (Wildman–Crippen MR) is 107 cm³/mol. The average Bonchev–Trinajstić information content (AvgIpc) is 2.73. The van der Waals surface area contributed by atoms with Gasteiger partial charge in [0, 0.05) is 17.7 Å². The monoisotopic (exact) mass is 370 g/mol. The first-order valence-corrected chi connectivity index (χ1v) is 8.90. The number of nitrogens with one attached hydrogen (secondary N) is 1. The van der Waals surface area contributed by atoms with Crippen LogP contribution < -0.4 is 10.0 Å². The summed E-state index contributed by atoms with van der Waals surface area (Å²) in [6.07, 6.45) is 1.28. The zero-order valence-corrected chi connectivity index (χ0v) is 14.9. The van der Waals surface area contributed by atoms with Gasteiger partial charge in [0.1, 0.15) is 5.75 Å². The van der Waals surface area contributed by atoms with Crippen LogP contribution in [-0.2, 0) is 0 Å². The minimum absolute atomic E-state index is 0.0110. The van der Waals surface area contributed by atoms with E-state index in [1.54, 1.807) is 18.2 Å². The topological polar surface area (TPSA) is 76.3 Å². The third-order valence-electron chi connectivity index (χ3n) is 4.70. The average molecular weight is 370 g/mol. The Bertz CT molecular complexity index is 1140. The van der Waals surface area contributed by atoms with Crippen LogP contribution in [0.3, 0.4) is 0 Å². The summed E-state index contributed by atoms with van der Waals surface area (Å²) in [6, 6.07) is 24.5. The summed E-state index contributed by atoms with van der Waals surface area (Å²) in [5.41, 5.74) is 1.38. The molecule has 4 rings (SSSR count). The number of benzene rings is 3. The fraction of sp³-hybridized carbons (Fsp3) is 0.0435. The lowest BCUT2D eigenvalue weighted by Gasteiger charge is -2.22. The van der Waals surface area contributed by atoms with Crippen LogP contribution in [0.5, 0.6) is 5.75 Å². The van der Waals surface area contributed by atoms with E-state index in [0.29, 0.717) is 10.3 Å². The zero-order valence-electron chi connectivity index (χ0n) is 14.9. The summed E-state index contributed by atoms with van der Waals surface area (Å²) in [5.74, 6) is -0.437. The van der Waals surface area contributed by atoms with Crippen LogP contribution in [0.4, 0.5) is 0 Å². The molecule has 5 nitrogen and oxygen atoms in total. The van der Waals surface area contributed by atoms with Crippen LogP contribution in [0.15, 0.2) is 91.1 Å². The van der Waals surface area contributed by atoms with Crippen molar-refractivity contribution in [2.45, 2.75) is 6.04 Å². The molecule has 1 amide bonds. The fourth-order valence-corrected chi connectivity index (χ4v) is 3.36. The summed E-state index contributed by atoms with van der Waals surface area (Å²) < 4.78 is 0.528. The number of phenolic OH excluding ortho intramolecular Hbond substituents is 1. The number of rotatable bonds is 4. The van der Waals surface area contributed by atoms with Crippen molar-refractivity contribution in [1.82, 2.24) is 5.32 Å². The third kappa shape index (κ3) is 3.25. The lowest BCUT2D eigenvalue weighted by atomic mass is 9.92. The van der Waals surface area contributed by atoms with Crippen molar-refractivity contribution in [3.8, 4) is 5.75 Å². The lowest BCUT2D eigenvalue weighted by molar-refractivity contribution is -0.607. The maximum Gasteiger partial charge on any atom is 0.318 e. The first-order valence-electron chi connectivity index (χ1n) is 8.90. The van der Waals surface area contributed by atoms with Gasteiger partial charge in [-0.2, -0.15) is 4.73 Å². The highest BCUT2D eigenvalue weighted by Crippen LogP contribution is 2.35. The van der Waals surface area contributed by atoms with E-state index in [4.69, 9.17) is 0 Å². The Morgan fingerprint density at radius 3 is 2.39 bits per heavy atom. The summed E-state index contributed by atoms with van der Waals surface area (Å²) in [6.45, 7) is 0. The summed E-state index contributed by atoms with van der Waals surface area (Å²) in [5, 5.41) is 27.4. The van der Waals surface area contributed by atoms with Crippen molar-refractivity contribution in [3.63, 3.8) is 0 Å². The Balaban J connectivity index is 1.86. The number of aromatic nitrogens is 1. The maximum atomic E-state index is 12.9. The number of nitrogens with zero attached hydrogens (tertiary/aromatic N) is 1. The number of fused-ring (bicyclic) bond motifs is 1. The van der Waals surface area contributed by atoms with Gasteiger partial charge < -0.3 is 15.6 Å². The number of pyridine rings is 1. The Morgan fingerprint density at radius 1 is 0.893 bits per heavy atom. The molecular formula is C23H18N2O3. The van der Waals surface area contributed by atoms with Gasteiger partial charge in [-0.25, -0.2) is 0 Å². The first-order chi connectivity index (χ1) is 13.6. The maximum absolute atomic E-state index is 12.9. The Labute approximate surface area is 162 Å². The molecule has 138 valence electrons. The van der Waals surface area contributed by atoms with Crippen LogP contribution in [0.25, 0.3) is 10.8 Å². The number of carbonyl (C=O) groups excluding carboxylic acids is 1. The fourth-order valence-electron chi connectivity index (χ4n) is 3.36. The highest BCUT2D eigenvalue weighted by Gasteiger charge is 2.25. The van der Waals surface area contributed by atoms with Crippen molar-refractivity contribution in [2.24, 2.45) is 0 Å². The first kappa shape index (κ1) is 17.5. The second-order valence-corrected chi connectivity index (χ2v) is 6.45. The molecule has 0 bridgehead atoms. The van der Waals surface area contributed by atoms with Gasteiger partial charge in [-0.05, 0) is 28.5 Å². The highest BCUT2D eigenvalue weighted by molar-refractivity contribution is 5.93. The second-order valence-electron chi connectivity index (χ2n) is 6.45. The number of hydrogen-bond acceptors (Lipinski definition) is 3. The standard InChI is InChI=1S/C23H18N2O3/c26-20-14-13-16-8-4-5-11-18(16)21(20)22(17-9-2-1-3-10-17)24-23(27)19-12-6-7-15-25(19)28/h1-15,22,26H,(H,24,27)/t22-/m0/s1. The van der Waals surface area contributed by atoms with Gasteiger partial charge in [0.15, 0.2) is 6.20 Å². The van der Waals surface area contributed by atoms with E-state index in [0.717, 1.165) is 16.3 Å². The SMILES string of the molecule is O=C(N[C@@H](c1ccccc1)c1c(O)ccc2ccccc12)c1cccc[n+]1[O-]. The number of aromatic hydroxyl groups is 1. The van der Waals surface area contributed by atoms with Crippen molar-refractivity contribution in [3.05, 3.63) is 113 Å². The van der Waals surface area contributed by atoms with Crippen molar-refractivity contribution >= 4 is 16.7 Å². The molecule has 0 aliphatic carbocycles. The minimum Gasteiger partial charge on any atom is -0.618 e. The van der Waals surface area contributed by atoms with E-state index in [2.05, 4.69) is 5.32 Å². The van der Waals surface area contributed by atoms with E-state index < -0.39 is 11.9 Å². The van der Waals surface area contributed by atoms with Crippen LogP contribution in [-0.4, -0.2) is 11.0 Å². The molecule has 0 aliphatic rings. The molecule has 1 atom stereocenters. The molecule has 0 spiro atoms. The van der Waals surface area contributed by atoms with Crippen LogP contribution in [0.1, 0.15) is 27.7 Å². The molecule has 5 heteroatoms. The van der Waals surface area contributed by atoms with E-state index in [1.165, 1.54) is 12.3 Å². The number of carbonyl (C=O) groups is 1. The molecule has 0 unspecified atom stereocenters. The molecule has 0 saturated heterocycles. The summed E-state index contributed by atoms with van der Waals surface area (Å²) in [4.78, 5) is 12.9. The van der Waals surface area contributed by atoms with E-state index >= 15 is 0 Å². The predicted octanol–water partition coefficient (Wildman–Crippen LogP) is 3.70. The van der Waals surface area contributed by atoms with Crippen LogP contribution >= 0.6 is 0 Å². The molecule has 2 N–H and O–H groups in total. The molecule has 3 aromatic carbocycles. The Kier molecular flexibility index (Phi) is 4.64. The zero-order chi connectivity index (χ0) is 19.5. The van der Waals surface area contributed by atoms with Gasteiger partial charge in [0.25, 0.3) is 5.69 Å². The summed E-state index contributed by atoms with van der Waals surface area (Å²) >= 11 is 0. The van der Waals surface area contributed by atoms with Crippen LogP contribution in [0, 0.1) is 5.21 Å². The molecule has 1 heterocycles. The minimum atomic E-state index is -0.625. The van der Waals surface area contributed by atoms with E-state index in [9.17, 15) is 15.1 Å². The number of phenols is 1. The van der Waals surface area contributed by atoms with E-state index in [1.807, 2.05) is 60.7 Å². The number of hydrogen-bond donors (Lipinski definition) is 2. The van der Waals surface area contributed by atoms with Crippen molar-refractivity contribution in [1.29, 1.82) is 0 Å².